The molecule has 2 N–H and O–H groups in total. The zero-order valence-electron chi connectivity index (χ0n) is 15.8. The summed E-state index contributed by atoms with van der Waals surface area (Å²) in [5.41, 5.74) is -1.26. The predicted molar refractivity (Wildman–Crippen MR) is 95.7 cm³/mol. The highest BCUT2D eigenvalue weighted by Gasteiger charge is 2.53. The van der Waals surface area contributed by atoms with Crippen LogP contribution in [0.25, 0.3) is 0 Å². The van der Waals surface area contributed by atoms with Crippen LogP contribution in [0.3, 0.4) is 0 Å². The zero-order chi connectivity index (χ0) is 19.9. The van der Waals surface area contributed by atoms with E-state index in [1.54, 1.807) is 0 Å². The Balaban J connectivity index is 2.45. The molecule has 9 nitrogen and oxygen atoms in total. The molecule has 1 aromatic rings. The van der Waals surface area contributed by atoms with Gasteiger partial charge in [0, 0.05) is 19.4 Å². The Morgan fingerprint density at radius 2 is 1.92 bits per heavy atom. The number of H-pyrrole nitrogens is 1. The van der Waals surface area contributed by atoms with Crippen LogP contribution in [0.5, 0.6) is 0 Å². The fourth-order valence-corrected chi connectivity index (χ4v) is 3.88. The van der Waals surface area contributed by atoms with Gasteiger partial charge >= 0.3 is 11.7 Å². The number of carbonyl (C=O) groups is 1. The summed E-state index contributed by atoms with van der Waals surface area (Å²) in [4.78, 5) is 37.3. The van der Waals surface area contributed by atoms with Crippen LogP contribution in [-0.2, 0) is 18.7 Å². The fourth-order valence-electron chi connectivity index (χ4n) is 2.59. The van der Waals surface area contributed by atoms with Crippen LogP contribution < -0.4 is 11.2 Å². The summed E-state index contributed by atoms with van der Waals surface area (Å²) in [6.45, 7) is 10.1. The van der Waals surface area contributed by atoms with Gasteiger partial charge in [-0.05, 0) is 18.1 Å². The van der Waals surface area contributed by atoms with Crippen molar-refractivity contribution < 1.29 is 23.8 Å². The van der Waals surface area contributed by atoms with Crippen molar-refractivity contribution in [1.82, 2.24) is 9.55 Å². The minimum atomic E-state index is -2.34. The molecule has 1 aromatic heterocycles. The van der Waals surface area contributed by atoms with Crippen molar-refractivity contribution >= 4 is 14.3 Å². The number of rotatable bonds is 5. The van der Waals surface area contributed by atoms with E-state index in [1.165, 1.54) is 13.3 Å². The molecule has 0 spiro atoms. The zero-order valence-corrected chi connectivity index (χ0v) is 16.8. The van der Waals surface area contributed by atoms with Gasteiger partial charge in [-0.3, -0.25) is 14.3 Å². The van der Waals surface area contributed by atoms with E-state index in [0.717, 1.165) is 10.6 Å². The second-order valence-electron chi connectivity index (χ2n) is 7.85. The molecule has 0 radical (unpaired) electrons. The molecule has 2 heterocycles. The first-order valence-corrected chi connectivity index (χ1v) is 11.2. The molecule has 0 saturated carbocycles. The van der Waals surface area contributed by atoms with Crippen molar-refractivity contribution in [1.29, 1.82) is 0 Å². The van der Waals surface area contributed by atoms with Crippen LogP contribution in [-0.4, -0.2) is 54.4 Å². The number of hydrogen-bond acceptors (Lipinski definition) is 6. The summed E-state index contributed by atoms with van der Waals surface area (Å²) < 4.78 is 18.5. The predicted octanol–water partition coefficient (Wildman–Crippen LogP) is 0.924. The lowest BCUT2D eigenvalue weighted by Gasteiger charge is -2.40. The number of carboxylic acid groups (broad SMARTS) is 1. The van der Waals surface area contributed by atoms with E-state index in [-0.39, 0.29) is 5.04 Å². The molecule has 0 aromatic carbocycles. The van der Waals surface area contributed by atoms with Gasteiger partial charge in [-0.1, -0.05) is 20.8 Å². The van der Waals surface area contributed by atoms with Crippen molar-refractivity contribution in [2.45, 2.75) is 63.4 Å². The second-order valence-corrected chi connectivity index (χ2v) is 12.6. The molecule has 26 heavy (non-hydrogen) atoms. The average Bonchev–Trinajstić information content (AvgIpc) is 2.83. The number of methoxy groups -OCH3 is 1. The molecular weight excluding hydrogens is 360 g/mol. The maximum absolute atomic E-state index is 12.1. The largest absolute Gasteiger partial charge is 0.479 e. The Hall–Kier alpha value is -1.75. The third-order valence-corrected chi connectivity index (χ3v) is 9.54. The van der Waals surface area contributed by atoms with Gasteiger partial charge in [0.1, 0.15) is 12.2 Å². The van der Waals surface area contributed by atoms with Crippen LogP contribution in [0.15, 0.2) is 21.9 Å². The van der Waals surface area contributed by atoms with Gasteiger partial charge < -0.3 is 19.0 Å². The maximum Gasteiger partial charge on any atom is 0.335 e. The molecule has 0 amide bonds. The monoisotopic (exact) mass is 386 g/mol. The van der Waals surface area contributed by atoms with Crippen molar-refractivity contribution in [3.8, 4) is 0 Å². The van der Waals surface area contributed by atoms with Crippen LogP contribution in [0.1, 0.15) is 27.0 Å². The van der Waals surface area contributed by atoms with Crippen molar-refractivity contribution in [3.63, 3.8) is 0 Å². The van der Waals surface area contributed by atoms with Gasteiger partial charge in [0.15, 0.2) is 20.6 Å². The first-order chi connectivity index (χ1) is 11.9. The smallest absolute Gasteiger partial charge is 0.335 e. The average molecular weight is 386 g/mol. The first-order valence-electron chi connectivity index (χ1n) is 8.29. The molecule has 1 unspecified atom stereocenters. The van der Waals surface area contributed by atoms with Gasteiger partial charge in [-0.25, -0.2) is 9.59 Å². The van der Waals surface area contributed by atoms with E-state index in [9.17, 15) is 19.5 Å². The normalized spacial score (nSPS) is 26.8. The van der Waals surface area contributed by atoms with Crippen molar-refractivity contribution in [2.75, 3.05) is 7.11 Å². The second kappa shape index (κ2) is 7.10. The maximum atomic E-state index is 12.1. The number of carboxylic acids is 1. The fraction of sp³-hybridized carbons (Fsp3) is 0.688. The van der Waals surface area contributed by atoms with Crippen molar-refractivity contribution in [3.05, 3.63) is 33.1 Å². The first kappa shape index (κ1) is 20.6. The minimum Gasteiger partial charge on any atom is -0.479 e. The van der Waals surface area contributed by atoms with Gasteiger partial charge in [-0.2, -0.15) is 0 Å². The van der Waals surface area contributed by atoms with Gasteiger partial charge in [0.25, 0.3) is 5.56 Å². The highest BCUT2D eigenvalue weighted by Crippen LogP contribution is 2.41. The lowest BCUT2D eigenvalue weighted by Crippen LogP contribution is -2.51. The SMILES string of the molecule is CO[C@H]1C(O[Si](C)(C)C(C)(C)C)[C@@H](C(=O)O)O[C@H]1n1ccc(=O)[nH]c1=O. The Labute approximate surface area is 152 Å². The number of aromatic nitrogens is 2. The van der Waals surface area contributed by atoms with E-state index >= 15 is 0 Å². The summed E-state index contributed by atoms with van der Waals surface area (Å²) in [6, 6.07) is 1.16. The number of ether oxygens (including phenoxy) is 2. The van der Waals surface area contributed by atoms with Crippen LogP contribution >= 0.6 is 0 Å². The van der Waals surface area contributed by atoms with E-state index in [1.807, 2.05) is 33.9 Å². The molecule has 1 fully saturated rings. The number of hydrogen-bond donors (Lipinski definition) is 2. The number of nitrogens with one attached hydrogen (secondary N) is 1. The molecule has 2 rings (SSSR count). The van der Waals surface area contributed by atoms with Crippen LogP contribution in [0, 0.1) is 0 Å². The van der Waals surface area contributed by atoms with E-state index in [0.29, 0.717) is 0 Å². The summed E-state index contributed by atoms with van der Waals surface area (Å²) in [7, 11) is -0.931. The molecule has 0 aliphatic carbocycles. The minimum absolute atomic E-state index is 0.152. The van der Waals surface area contributed by atoms with E-state index in [2.05, 4.69) is 4.98 Å². The number of nitrogens with zero attached hydrogens (tertiary/aromatic N) is 1. The molecule has 1 aliphatic heterocycles. The Kier molecular flexibility index (Phi) is 5.62. The summed E-state index contributed by atoms with van der Waals surface area (Å²) in [6.07, 6.45) is -2.78. The molecule has 1 saturated heterocycles. The number of aliphatic carboxylic acids is 1. The third-order valence-electron chi connectivity index (χ3n) is 5.07. The highest BCUT2D eigenvalue weighted by atomic mass is 28.4. The Morgan fingerprint density at radius 3 is 2.38 bits per heavy atom. The molecular formula is C16H26N2O7Si. The lowest BCUT2D eigenvalue weighted by molar-refractivity contribution is -0.155. The molecule has 0 bridgehead atoms. The molecule has 4 atom stereocenters. The molecule has 1 aliphatic rings. The topological polar surface area (TPSA) is 120 Å². The van der Waals surface area contributed by atoms with E-state index < -0.39 is 50.1 Å². The summed E-state index contributed by atoms with van der Waals surface area (Å²) in [5.74, 6) is -1.20. The molecule has 146 valence electrons. The van der Waals surface area contributed by atoms with Gasteiger partial charge in [-0.15, -0.1) is 0 Å². The Morgan fingerprint density at radius 1 is 1.31 bits per heavy atom. The third kappa shape index (κ3) is 3.82. The quantitative estimate of drug-likeness (QED) is 0.722. The standard InChI is InChI=1S/C16H26N2O7Si/c1-16(2,3)26(5,6)25-10-11(23-4)13(24-12(10)14(20)21)18-8-7-9(19)17-15(18)22/h7-8,10-13H,1-6H3,(H,20,21)(H,17,19,22)/t10?,11-,12-,13+/m0/s1. The lowest BCUT2D eigenvalue weighted by atomic mass is 10.1. The van der Waals surface area contributed by atoms with Crippen molar-refractivity contribution in [2.24, 2.45) is 0 Å². The van der Waals surface area contributed by atoms with Gasteiger partial charge in [0.05, 0.1) is 0 Å². The Bertz CT molecular complexity index is 780. The highest BCUT2D eigenvalue weighted by molar-refractivity contribution is 6.74. The van der Waals surface area contributed by atoms with Crippen LogP contribution in [0.4, 0.5) is 0 Å². The number of aromatic amines is 1. The molecule has 10 heteroatoms. The summed E-state index contributed by atoms with van der Waals surface area (Å²) >= 11 is 0. The van der Waals surface area contributed by atoms with Gasteiger partial charge in [0.2, 0.25) is 0 Å². The summed E-state index contributed by atoms with van der Waals surface area (Å²) in [5, 5.41) is 9.43. The van der Waals surface area contributed by atoms with Crippen LogP contribution in [0.2, 0.25) is 18.1 Å². The van der Waals surface area contributed by atoms with E-state index in [4.69, 9.17) is 13.9 Å².